The van der Waals surface area contributed by atoms with Gasteiger partial charge >= 0.3 is 6.18 Å². The Morgan fingerprint density at radius 2 is 1.78 bits per heavy atom. The molecule has 10 heteroatoms. The van der Waals surface area contributed by atoms with Gasteiger partial charge in [-0.25, -0.2) is 8.42 Å². The number of sulfone groups is 1. The first-order valence-corrected chi connectivity index (χ1v) is 13.4. The summed E-state index contributed by atoms with van der Waals surface area (Å²) in [5.74, 6) is 4.96. The van der Waals surface area contributed by atoms with Crippen LogP contribution in [-0.2, 0) is 20.8 Å². The molecule has 0 spiro atoms. The Kier molecular flexibility index (Phi) is 5.86. The van der Waals surface area contributed by atoms with Crippen LogP contribution in [0.1, 0.15) is 46.8 Å². The molecule has 1 N–H and O–H groups in total. The number of carbonyl (C=O) groups excluding carboxylic acids is 2. The standard InChI is InChI=1S/C26H23F3N2O4S/c1-36(34,35)20-4-2-3-18(13-20)25(33)31-21-12-9-17(21)14-22(31)24(32)30-23(15-5-6-15)16-7-10-19(11-8-16)26(27,28)29/h2-4,7-8,10-11,13,15,17,21-23H,5-6,14H2,1H3,(H,30,32)/t17-,21-,22-,23-/m1/s1. The molecule has 1 heterocycles. The van der Waals surface area contributed by atoms with Gasteiger partial charge in [-0.1, -0.05) is 30.0 Å². The van der Waals surface area contributed by atoms with E-state index in [9.17, 15) is 31.2 Å². The molecule has 2 amide bonds. The molecule has 0 radical (unpaired) electrons. The van der Waals surface area contributed by atoms with E-state index < -0.39 is 51.5 Å². The highest BCUT2D eigenvalue weighted by Crippen LogP contribution is 2.42. The highest BCUT2D eigenvalue weighted by atomic mass is 32.2. The summed E-state index contributed by atoms with van der Waals surface area (Å²) in [5, 5.41) is 2.97. The first kappa shape index (κ1) is 24.4. The smallest absolute Gasteiger partial charge is 0.347 e. The number of rotatable bonds is 6. The van der Waals surface area contributed by atoms with E-state index in [4.69, 9.17) is 0 Å². The van der Waals surface area contributed by atoms with Crippen LogP contribution in [0.25, 0.3) is 0 Å². The molecule has 6 nitrogen and oxygen atoms in total. The molecule has 3 aliphatic rings. The molecule has 2 aromatic rings. The van der Waals surface area contributed by atoms with Gasteiger partial charge in [0, 0.05) is 11.8 Å². The second-order valence-electron chi connectivity index (χ2n) is 9.55. The Labute approximate surface area is 206 Å². The van der Waals surface area contributed by atoms with Crippen LogP contribution in [0.2, 0.25) is 0 Å². The summed E-state index contributed by atoms with van der Waals surface area (Å²) in [7, 11) is -3.53. The monoisotopic (exact) mass is 516 g/mol. The van der Waals surface area contributed by atoms with Crippen molar-refractivity contribution in [2.45, 2.75) is 48.5 Å². The molecule has 1 saturated carbocycles. The van der Waals surface area contributed by atoms with Crippen molar-refractivity contribution in [3.05, 3.63) is 65.2 Å². The lowest BCUT2D eigenvalue weighted by Gasteiger charge is -2.31. The third kappa shape index (κ3) is 4.60. The number of hydrogen-bond donors (Lipinski definition) is 1. The van der Waals surface area contributed by atoms with Gasteiger partial charge in [-0.15, -0.1) is 0 Å². The van der Waals surface area contributed by atoms with E-state index in [0.717, 1.165) is 31.2 Å². The fraction of sp³-hybridized carbons (Fsp3) is 0.385. The quantitative estimate of drug-likeness (QED) is 0.595. The number of amides is 2. The normalized spacial score (nSPS) is 23.7. The Morgan fingerprint density at radius 1 is 1.08 bits per heavy atom. The van der Waals surface area contributed by atoms with Crippen LogP contribution >= 0.6 is 0 Å². The second-order valence-corrected chi connectivity index (χ2v) is 11.6. The lowest BCUT2D eigenvalue weighted by molar-refractivity contribution is -0.137. The van der Waals surface area contributed by atoms with E-state index in [0.29, 0.717) is 12.0 Å². The lowest BCUT2D eigenvalue weighted by Crippen LogP contribution is -2.50. The van der Waals surface area contributed by atoms with Crippen molar-refractivity contribution in [1.29, 1.82) is 0 Å². The van der Waals surface area contributed by atoms with Gasteiger partial charge in [-0.2, -0.15) is 13.2 Å². The second kappa shape index (κ2) is 8.66. The van der Waals surface area contributed by atoms with Gasteiger partial charge in [0.05, 0.1) is 22.4 Å². The zero-order valence-corrected chi connectivity index (χ0v) is 20.1. The fourth-order valence-corrected chi connectivity index (χ4v) is 5.48. The molecule has 188 valence electrons. The average molecular weight is 517 g/mol. The number of likely N-dealkylation sites (tertiary alicyclic amines) is 1. The highest BCUT2D eigenvalue weighted by molar-refractivity contribution is 7.90. The van der Waals surface area contributed by atoms with Crippen molar-refractivity contribution < 1.29 is 31.2 Å². The Morgan fingerprint density at radius 3 is 2.33 bits per heavy atom. The van der Waals surface area contributed by atoms with E-state index in [1.165, 1.54) is 41.3 Å². The molecule has 36 heavy (non-hydrogen) atoms. The van der Waals surface area contributed by atoms with Crippen LogP contribution in [0.3, 0.4) is 0 Å². The molecule has 2 aliphatic carbocycles. The minimum Gasteiger partial charge on any atom is -0.347 e. The minimum absolute atomic E-state index is 0.000827. The summed E-state index contributed by atoms with van der Waals surface area (Å²) in [6.45, 7) is 0. The molecule has 4 atom stereocenters. The van der Waals surface area contributed by atoms with Crippen LogP contribution in [0.15, 0.2) is 53.4 Å². The summed E-state index contributed by atoms with van der Waals surface area (Å²) in [6.07, 6.45) is -1.38. The van der Waals surface area contributed by atoms with Gasteiger partial charge in [-0.3, -0.25) is 9.59 Å². The fourth-order valence-electron chi connectivity index (χ4n) is 4.82. The molecule has 1 saturated heterocycles. The first-order valence-electron chi connectivity index (χ1n) is 11.5. The molecule has 1 aliphatic heterocycles. The van der Waals surface area contributed by atoms with Crippen LogP contribution in [0.4, 0.5) is 13.2 Å². The summed E-state index contributed by atoms with van der Waals surface area (Å²) >= 11 is 0. The number of nitrogens with zero attached hydrogens (tertiary/aromatic N) is 1. The summed E-state index contributed by atoms with van der Waals surface area (Å²) in [6, 6.07) is 8.69. The topological polar surface area (TPSA) is 83.6 Å². The van der Waals surface area contributed by atoms with E-state index in [1.54, 1.807) is 0 Å². The predicted octanol–water partition coefficient (Wildman–Crippen LogP) is 3.59. The van der Waals surface area contributed by atoms with Crippen molar-refractivity contribution >= 4 is 21.7 Å². The maximum atomic E-state index is 13.4. The Hall–Kier alpha value is -3.32. The number of halogens is 3. The predicted molar refractivity (Wildman–Crippen MR) is 124 cm³/mol. The SMILES string of the molecule is CS(=O)(=O)c1cccc(C(=O)N2[C@@H](C(=O)N[C@@H](c3ccc(C(F)(F)F)cc3)C3CC3)C[C@H]3C#C[C@H]32)c1. The highest BCUT2D eigenvalue weighted by Gasteiger charge is 2.49. The van der Waals surface area contributed by atoms with Gasteiger partial charge in [0.15, 0.2) is 9.84 Å². The zero-order valence-electron chi connectivity index (χ0n) is 19.2. The number of alkyl halides is 3. The molecule has 0 aromatic heterocycles. The van der Waals surface area contributed by atoms with Gasteiger partial charge in [0.2, 0.25) is 5.91 Å². The molecule has 0 unspecified atom stereocenters. The minimum atomic E-state index is -4.45. The van der Waals surface area contributed by atoms with Crippen molar-refractivity contribution in [3.8, 4) is 11.8 Å². The number of nitrogens with one attached hydrogen (secondary N) is 1. The number of carbonyl (C=O) groups is 2. The van der Waals surface area contributed by atoms with Crippen LogP contribution in [0.5, 0.6) is 0 Å². The van der Waals surface area contributed by atoms with Gasteiger partial charge in [0.1, 0.15) is 12.1 Å². The van der Waals surface area contributed by atoms with Crippen molar-refractivity contribution in [2.75, 3.05) is 6.26 Å². The molecule has 2 aromatic carbocycles. The maximum absolute atomic E-state index is 13.4. The van der Waals surface area contributed by atoms with Crippen molar-refractivity contribution in [2.24, 2.45) is 11.8 Å². The lowest BCUT2D eigenvalue weighted by atomic mass is 9.92. The molecule has 5 rings (SSSR count). The molecular formula is C26H23F3N2O4S. The molecular weight excluding hydrogens is 493 g/mol. The van der Waals surface area contributed by atoms with Gasteiger partial charge in [0.25, 0.3) is 5.91 Å². The number of hydrogen-bond acceptors (Lipinski definition) is 4. The van der Waals surface area contributed by atoms with Crippen LogP contribution in [-0.4, -0.2) is 43.5 Å². The molecule has 0 bridgehead atoms. The average Bonchev–Trinajstić information content (AvgIpc) is 3.61. The first-order chi connectivity index (χ1) is 16.9. The number of benzene rings is 2. The van der Waals surface area contributed by atoms with E-state index in [2.05, 4.69) is 17.2 Å². The van der Waals surface area contributed by atoms with E-state index in [-0.39, 0.29) is 22.3 Å². The van der Waals surface area contributed by atoms with Gasteiger partial charge < -0.3 is 10.2 Å². The molecule has 2 fully saturated rings. The third-order valence-corrected chi connectivity index (χ3v) is 8.06. The maximum Gasteiger partial charge on any atom is 0.416 e. The van der Waals surface area contributed by atoms with Crippen molar-refractivity contribution in [1.82, 2.24) is 10.2 Å². The Balaban J connectivity index is 1.38. The summed E-state index contributed by atoms with van der Waals surface area (Å²) < 4.78 is 62.9. The number of fused-ring (bicyclic) bond motifs is 1. The van der Waals surface area contributed by atoms with E-state index in [1.807, 2.05) is 0 Å². The van der Waals surface area contributed by atoms with E-state index >= 15 is 0 Å². The van der Waals surface area contributed by atoms with Crippen LogP contribution < -0.4 is 5.32 Å². The summed E-state index contributed by atoms with van der Waals surface area (Å²) in [4.78, 5) is 28.3. The zero-order chi connectivity index (χ0) is 25.8. The van der Waals surface area contributed by atoms with Crippen molar-refractivity contribution in [3.63, 3.8) is 0 Å². The van der Waals surface area contributed by atoms with Gasteiger partial charge in [-0.05, 0) is 61.1 Å². The van der Waals surface area contributed by atoms with Crippen LogP contribution in [0, 0.1) is 23.7 Å². The summed E-state index contributed by atoms with van der Waals surface area (Å²) in [5.41, 5.74) is -0.0360. The Bertz CT molecular complexity index is 1390. The largest absolute Gasteiger partial charge is 0.416 e. The third-order valence-electron chi connectivity index (χ3n) is 6.95.